The number of aliphatic imine (C=N–C) groups is 1. The minimum absolute atomic E-state index is 0.287. The van der Waals surface area contributed by atoms with E-state index in [9.17, 15) is 0 Å². The highest BCUT2D eigenvalue weighted by atomic mass is 16.5. The molecular weight excluding hydrogens is 262 g/mol. The lowest BCUT2D eigenvalue weighted by molar-refractivity contribution is 0.291. The van der Waals surface area contributed by atoms with Crippen LogP contribution in [0.3, 0.4) is 0 Å². The summed E-state index contributed by atoms with van der Waals surface area (Å²) in [5.74, 6) is 2.21. The van der Waals surface area contributed by atoms with Crippen molar-refractivity contribution in [3.05, 3.63) is 29.8 Å². The summed E-state index contributed by atoms with van der Waals surface area (Å²) in [6.07, 6.45) is 4.92. The Morgan fingerprint density at radius 1 is 1.19 bits per heavy atom. The van der Waals surface area contributed by atoms with Gasteiger partial charge in [0.2, 0.25) is 5.90 Å². The molecule has 1 aliphatic heterocycles. The van der Waals surface area contributed by atoms with E-state index in [4.69, 9.17) is 9.47 Å². The second kappa shape index (κ2) is 8.06. The summed E-state index contributed by atoms with van der Waals surface area (Å²) < 4.78 is 11.4. The van der Waals surface area contributed by atoms with Gasteiger partial charge in [0, 0.05) is 5.56 Å². The van der Waals surface area contributed by atoms with Crippen molar-refractivity contribution in [1.29, 1.82) is 0 Å². The first kappa shape index (κ1) is 15.9. The van der Waals surface area contributed by atoms with Gasteiger partial charge in [-0.25, -0.2) is 4.99 Å². The Morgan fingerprint density at radius 3 is 2.57 bits per heavy atom. The Balaban J connectivity index is 1.83. The van der Waals surface area contributed by atoms with Gasteiger partial charge < -0.3 is 9.47 Å². The lowest BCUT2D eigenvalue weighted by Gasteiger charge is -2.07. The van der Waals surface area contributed by atoms with E-state index in [1.165, 1.54) is 19.3 Å². The van der Waals surface area contributed by atoms with Crippen LogP contribution in [-0.2, 0) is 4.74 Å². The fourth-order valence-corrected chi connectivity index (χ4v) is 2.30. The quantitative estimate of drug-likeness (QED) is 0.662. The summed E-state index contributed by atoms with van der Waals surface area (Å²) in [6, 6.07) is 8.36. The van der Waals surface area contributed by atoms with Crippen LogP contribution in [0.2, 0.25) is 0 Å². The third-order valence-corrected chi connectivity index (χ3v) is 3.81. The van der Waals surface area contributed by atoms with Crippen LogP contribution in [0.5, 0.6) is 5.75 Å². The van der Waals surface area contributed by atoms with Crippen molar-refractivity contribution in [3.63, 3.8) is 0 Å². The molecule has 21 heavy (non-hydrogen) atoms. The Hall–Kier alpha value is -1.51. The zero-order valence-corrected chi connectivity index (χ0v) is 13.5. The van der Waals surface area contributed by atoms with Crippen molar-refractivity contribution in [1.82, 2.24) is 0 Å². The van der Waals surface area contributed by atoms with Gasteiger partial charge in [-0.2, -0.15) is 0 Å². The van der Waals surface area contributed by atoms with E-state index in [1.807, 2.05) is 24.3 Å². The average molecular weight is 289 g/mol. The maximum atomic E-state index is 5.75. The Morgan fingerprint density at radius 2 is 1.95 bits per heavy atom. The molecule has 0 N–H and O–H groups in total. The standard InChI is InChI=1S/C18H27NO2/c1-4-5-6-7-12-20-16-10-8-15(9-11-16)18-19-17(13-21-18)14(2)3/h8-11,14,17H,4-7,12-13H2,1-3H3. The molecule has 1 aliphatic rings. The van der Waals surface area contributed by atoms with Gasteiger partial charge in [0.15, 0.2) is 0 Å². The predicted octanol–water partition coefficient (Wildman–Crippen LogP) is 4.45. The van der Waals surface area contributed by atoms with Gasteiger partial charge in [0.1, 0.15) is 12.4 Å². The van der Waals surface area contributed by atoms with Crippen molar-refractivity contribution in [2.45, 2.75) is 52.5 Å². The fraction of sp³-hybridized carbons (Fsp3) is 0.611. The van der Waals surface area contributed by atoms with Gasteiger partial charge in [-0.3, -0.25) is 0 Å². The fourth-order valence-electron chi connectivity index (χ4n) is 2.30. The molecule has 0 saturated carbocycles. The van der Waals surface area contributed by atoms with Crippen molar-refractivity contribution in [2.75, 3.05) is 13.2 Å². The van der Waals surface area contributed by atoms with E-state index in [-0.39, 0.29) is 6.04 Å². The second-order valence-electron chi connectivity index (χ2n) is 5.99. The second-order valence-corrected chi connectivity index (χ2v) is 5.99. The van der Waals surface area contributed by atoms with Crippen LogP contribution in [0, 0.1) is 5.92 Å². The van der Waals surface area contributed by atoms with Crippen LogP contribution in [0.1, 0.15) is 52.0 Å². The number of hydrogen-bond acceptors (Lipinski definition) is 3. The van der Waals surface area contributed by atoms with Gasteiger partial charge >= 0.3 is 0 Å². The van der Waals surface area contributed by atoms with Crippen LogP contribution in [-0.4, -0.2) is 25.2 Å². The van der Waals surface area contributed by atoms with E-state index in [1.54, 1.807) is 0 Å². The number of hydrogen-bond donors (Lipinski definition) is 0. The Bertz CT molecular complexity index is 451. The van der Waals surface area contributed by atoms with Crippen LogP contribution < -0.4 is 4.74 Å². The van der Waals surface area contributed by atoms with E-state index >= 15 is 0 Å². The molecule has 1 heterocycles. The first-order valence-electron chi connectivity index (χ1n) is 8.14. The Labute approximate surface area is 128 Å². The third kappa shape index (κ3) is 4.76. The van der Waals surface area contributed by atoms with Crippen molar-refractivity contribution in [3.8, 4) is 5.75 Å². The lowest BCUT2D eigenvalue weighted by Crippen LogP contribution is -2.13. The number of ether oxygens (including phenoxy) is 2. The Kier molecular flexibility index (Phi) is 6.09. The summed E-state index contributed by atoms with van der Waals surface area (Å²) in [5.41, 5.74) is 1.04. The van der Waals surface area contributed by atoms with Gasteiger partial charge in [0.25, 0.3) is 0 Å². The van der Waals surface area contributed by atoms with Crippen LogP contribution in [0.15, 0.2) is 29.3 Å². The average Bonchev–Trinajstić information content (AvgIpc) is 2.98. The van der Waals surface area contributed by atoms with E-state index in [0.29, 0.717) is 12.5 Å². The summed E-state index contributed by atoms with van der Waals surface area (Å²) in [5, 5.41) is 0. The summed E-state index contributed by atoms with van der Waals surface area (Å²) in [4.78, 5) is 4.64. The molecule has 0 spiro atoms. The maximum absolute atomic E-state index is 5.75. The van der Waals surface area contributed by atoms with Crippen molar-refractivity contribution >= 4 is 5.90 Å². The summed E-state index contributed by atoms with van der Waals surface area (Å²) in [6.45, 7) is 8.07. The van der Waals surface area contributed by atoms with E-state index in [0.717, 1.165) is 30.2 Å². The minimum Gasteiger partial charge on any atom is -0.494 e. The first-order valence-corrected chi connectivity index (χ1v) is 8.14. The topological polar surface area (TPSA) is 30.8 Å². The van der Waals surface area contributed by atoms with Gasteiger partial charge in [-0.1, -0.05) is 40.0 Å². The van der Waals surface area contributed by atoms with Crippen LogP contribution in [0.4, 0.5) is 0 Å². The maximum Gasteiger partial charge on any atom is 0.216 e. The molecule has 0 saturated heterocycles. The first-order chi connectivity index (χ1) is 10.2. The van der Waals surface area contributed by atoms with Crippen molar-refractivity contribution < 1.29 is 9.47 Å². The minimum atomic E-state index is 0.287. The van der Waals surface area contributed by atoms with Gasteiger partial charge in [0.05, 0.1) is 12.6 Å². The molecule has 0 radical (unpaired) electrons. The summed E-state index contributed by atoms with van der Waals surface area (Å²) >= 11 is 0. The molecular formula is C18H27NO2. The SMILES string of the molecule is CCCCCCOc1ccc(C2=NC(C(C)C)CO2)cc1. The van der Waals surface area contributed by atoms with E-state index < -0.39 is 0 Å². The molecule has 0 bridgehead atoms. The molecule has 1 aromatic rings. The molecule has 2 rings (SSSR count). The molecule has 0 aromatic heterocycles. The van der Waals surface area contributed by atoms with Crippen LogP contribution >= 0.6 is 0 Å². The molecule has 3 nitrogen and oxygen atoms in total. The van der Waals surface area contributed by atoms with E-state index in [2.05, 4.69) is 25.8 Å². The summed E-state index contributed by atoms with van der Waals surface area (Å²) in [7, 11) is 0. The molecule has 0 amide bonds. The molecule has 0 fully saturated rings. The molecule has 3 heteroatoms. The molecule has 1 aromatic carbocycles. The highest BCUT2D eigenvalue weighted by Gasteiger charge is 2.22. The highest BCUT2D eigenvalue weighted by Crippen LogP contribution is 2.20. The van der Waals surface area contributed by atoms with Crippen molar-refractivity contribution in [2.24, 2.45) is 10.9 Å². The molecule has 0 aliphatic carbocycles. The number of benzene rings is 1. The highest BCUT2D eigenvalue weighted by molar-refractivity contribution is 5.95. The third-order valence-electron chi connectivity index (χ3n) is 3.81. The van der Waals surface area contributed by atoms with Crippen LogP contribution in [0.25, 0.3) is 0 Å². The zero-order chi connectivity index (χ0) is 15.1. The normalized spacial score (nSPS) is 17.7. The van der Waals surface area contributed by atoms with Gasteiger partial charge in [-0.15, -0.1) is 0 Å². The largest absolute Gasteiger partial charge is 0.494 e. The molecule has 116 valence electrons. The number of unbranched alkanes of at least 4 members (excludes halogenated alkanes) is 3. The molecule has 1 atom stereocenters. The monoisotopic (exact) mass is 289 g/mol. The smallest absolute Gasteiger partial charge is 0.216 e. The molecule has 1 unspecified atom stereocenters. The predicted molar refractivity (Wildman–Crippen MR) is 87.2 cm³/mol. The van der Waals surface area contributed by atoms with Gasteiger partial charge in [-0.05, 0) is 36.6 Å². The number of nitrogens with zero attached hydrogens (tertiary/aromatic N) is 1. The lowest BCUT2D eigenvalue weighted by atomic mass is 10.1. The zero-order valence-electron chi connectivity index (χ0n) is 13.5. The number of rotatable bonds is 8.